The SMILES string of the molecule is Cc1ccc(NS(=O)(=O)c2[nH]ncc2C(=O)NCc2cc(F)cc(F)c2)cc1. The number of carbonyl (C=O) groups excluding carboxylic acids is 1. The van der Waals surface area contributed by atoms with Gasteiger partial charge in [0.15, 0.2) is 5.03 Å². The van der Waals surface area contributed by atoms with Crippen molar-refractivity contribution in [2.75, 3.05) is 4.72 Å². The lowest BCUT2D eigenvalue weighted by atomic mass is 10.2. The van der Waals surface area contributed by atoms with Crippen LogP contribution in [0.2, 0.25) is 0 Å². The molecule has 0 atom stereocenters. The van der Waals surface area contributed by atoms with Crippen molar-refractivity contribution in [3.8, 4) is 0 Å². The highest BCUT2D eigenvalue weighted by Gasteiger charge is 2.25. The molecule has 0 spiro atoms. The molecular formula is C18H16F2N4O3S. The van der Waals surface area contributed by atoms with E-state index in [1.165, 1.54) is 0 Å². The quantitative estimate of drug-likeness (QED) is 0.586. The van der Waals surface area contributed by atoms with Crippen molar-refractivity contribution in [3.63, 3.8) is 0 Å². The van der Waals surface area contributed by atoms with E-state index in [-0.39, 0.29) is 17.7 Å². The summed E-state index contributed by atoms with van der Waals surface area (Å²) in [6.45, 7) is 1.67. The number of H-pyrrole nitrogens is 1. The second-order valence-electron chi connectivity index (χ2n) is 6.04. The molecule has 0 bridgehead atoms. The van der Waals surface area contributed by atoms with E-state index in [2.05, 4.69) is 20.2 Å². The van der Waals surface area contributed by atoms with E-state index in [0.29, 0.717) is 11.8 Å². The van der Waals surface area contributed by atoms with E-state index in [1.807, 2.05) is 6.92 Å². The summed E-state index contributed by atoms with van der Waals surface area (Å²) in [5.41, 5.74) is 1.24. The molecule has 28 heavy (non-hydrogen) atoms. The number of hydrogen-bond donors (Lipinski definition) is 3. The topological polar surface area (TPSA) is 104 Å². The summed E-state index contributed by atoms with van der Waals surface area (Å²) in [6, 6.07) is 9.48. The highest BCUT2D eigenvalue weighted by atomic mass is 32.2. The van der Waals surface area contributed by atoms with E-state index in [1.54, 1.807) is 24.3 Å². The lowest BCUT2D eigenvalue weighted by Gasteiger charge is -2.09. The summed E-state index contributed by atoms with van der Waals surface area (Å²) >= 11 is 0. The monoisotopic (exact) mass is 406 g/mol. The van der Waals surface area contributed by atoms with Gasteiger partial charge in [-0.1, -0.05) is 17.7 Å². The normalized spacial score (nSPS) is 11.2. The minimum Gasteiger partial charge on any atom is -0.348 e. The molecule has 0 radical (unpaired) electrons. The van der Waals surface area contributed by atoms with Gasteiger partial charge in [0.05, 0.1) is 11.8 Å². The number of rotatable bonds is 6. The summed E-state index contributed by atoms with van der Waals surface area (Å²) in [6.07, 6.45) is 1.06. The van der Waals surface area contributed by atoms with Crippen molar-refractivity contribution < 1.29 is 22.0 Å². The fourth-order valence-electron chi connectivity index (χ4n) is 2.46. The summed E-state index contributed by atoms with van der Waals surface area (Å²) < 4.78 is 53.9. The maximum atomic E-state index is 13.2. The van der Waals surface area contributed by atoms with Crippen LogP contribution < -0.4 is 10.0 Å². The molecule has 0 aliphatic carbocycles. The average Bonchev–Trinajstić information content (AvgIpc) is 3.12. The molecule has 0 aliphatic heterocycles. The molecule has 3 N–H and O–H groups in total. The van der Waals surface area contributed by atoms with E-state index in [4.69, 9.17) is 0 Å². The Morgan fingerprint density at radius 3 is 2.39 bits per heavy atom. The number of anilines is 1. The number of carbonyl (C=O) groups is 1. The maximum Gasteiger partial charge on any atom is 0.279 e. The third-order valence-electron chi connectivity index (χ3n) is 3.80. The first kappa shape index (κ1) is 19.5. The summed E-state index contributed by atoms with van der Waals surface area (Å²) in [5.74, 6) is -2.32. The molecule has 1 amide bonds. The standard InChI is InChI=1S/C18H16F2N4O3S/c1-11-2-4-15(5-3-11)24-28(26,27)18-16(10-22-23-18)17(25)21-9-12-6-13(19)8-14(20)7-12/h2-8,10,24H,9H2,1H3,(H,21,25)(H,22,23). The van der Waals surface area contributed by atoms with Crippen molar-refractivity contribution in [3.05, 3.63) is 77.0 Å². The molecule has 1 aromatic heterocycles. The molecule has 0 unspecified atom stereocenters. The van der Waals surface area contributed by atoms with E-state index >= 15 is 0 Å². The Labute approximate surface area is 159 Å². The minimum atomic E-state index is -4.10. The number of aromatic nitrogens is 2. The van der Waals surface area contributed by atoms with Crippen LogP contribution in [0.25, 0.3) is 0 Å². The molecule has 0 saturated heterocycles. The van der Waals surface area contributed by atoms with Crippen LogP contribution in [0, 0.1) is 18.6 Å². The molecule has 0 fully saturated rings. The minimum absolute atomic E-state index is 0.191. The van der Waals surface area contributed by atoms with Gasteiger partial charge >= 0.3 is 0 Å². The first-order valence-electron chi connectivity index (χ1n) is 8.10. The molecule has 146 valence electrons. The van der Waals surface area contributed by atoms with Gasteiger partial charge < -0.3 is 5.32 Å². The average molecular weight is 406 g/mol. The third kappa shape index (κ3) is 4.52. The van der Waals surface area contributed by atoms with Gasteiger partial charge in [-0.05, 0) is 36.8 Å². The maximum absolute atomic E-state index is 13.2. The summed E-state index contributed by atoms with van der Waals surface area (Å²) in [5, 5.41) is 7.91. The number of aryl methyl sites for hydroxylation is 1. The Bertz CT molecular complexity index is 1090. The highest BCUT2D eigenvalue weighted by Crippen LogP contribution is 2.18. The molecule has 3 rings (SSSR count). The molecule has 3 aromatic rings. The molecule has 1 heterocycles. The largest absolute Gasteiger partial charge is 0.348 e. The molecule has 0 saturated carbocycles. The molecule has 2 aromatic carbocycles. The lowest BCUT2D eigenvalue weighted by Crippen LogP contribution is -2.25. The Hall–Kier alpha value is -3.27. The number of hydrogen-bond acceptors (Lipinski definition) is 4. The predicted molar refractivity (Wildman–Crippen MR) is 98.1 cm³/mol. The number of amides is 1. The Morgan fingerprint density at radius 2 is 1.75 bits per heavy atom. The Balaban J connectivity index is 1.76. The van der Waals surface area contributed by atoms with Gasteiger partial charge in [0, 0.05) is 18.3 Å². The molecule has 0 aliphatic rings. The van der Waals surface area contributed by atoms with E-state index < -0.39 is 32.6 Å². The zero-order valence-corrected chi connectivity index (χ0v) is 15.5. The van der Waals surface area contributed by atoms with E-state index in [9.17, 15) is 22.0 Å². The zero-order valence-electron chi connectivity index (χ0n) is 14.7. The zero-order chi connectivity index (χ0) is 20.3. The van der Waals surface area contributed by atoms with Crippen molar-refractivity contribution in [1.82, 2.24) is 15.5 Å². The smallest absolute Gasteiger partial charge is 0.279 e. The number of aromatic amines is 1. The number of nitrogens with zero attached hydrogens (tertiary/aromatic N) is 1. The number of benzene rings is 2. The van der Waals surface area contributed by atoms with Crippen molar-refractivity contribution in [1.29, 1.82) is 0 Å². The second kappa shape index (κ2) is 7.77. The first-order chi connectivity index (χ1) is 13.2. The summed E-state index contributed by atoms with van der Waals surface area (Å²) in [7, 11) is -4.10. The van der Waals surface area contributed by atoms with Gasteiger partial charge in [-0.25, -0.2) is 8.78 Å². The van der Waals surface area contributed by atoms with E-state index in [0.717, 1.165) is 23.9 Å². The summed E-state index contributed by atoms with van der Waals surface area (Å²) in [4.78, 5) is 12.4. The van der Waals surface area contributed by atoms with Crippen LogP contribution in [0.3, 0.4) is 0 Å². The van der Waals surface area contributed by atoms with Gasteiger partial charge in [0.2, 0.25) is 0 Å². The van der Waals surface area contributed by atoms with Crippen LogP contribution in [0.4, 0.5) is 14.5 Å². The lowest BCUT2D eigenvalue weighted by molar-refractivity contribution is 0.0947. The molecular weight excluding hydrogens is 390 g/mol. The highest BCUT2D eigenvalue weighted by molar-refractivity contribution is 7.92. The second-order valence-corrected chi connectivity index (χ2v) is 7.66. The molecule has 10 heteroatoms. The van der Waals surface area contributed by atoms with Crippen molar-refractivity contribution >= 4 is 21.6 Å². The van der Waals surface area contributed by atoms with Crippen LogP contribution in [0.1, 0.15) is 21.5 Å². The molecule has 7 nitrogen and oxygen atoms in total. The third-order valence-corrected chi connectivity index (χ3v) is 5.15. The number of nitrogens with one attached hydrogen (secondary N) is 3. The fraction of sp³-hybridized carbons (Fsp3) is 0.111. The van der Waals surface area contributed by atoms with Gasteiger partial charge in [-0.15, -0.1) is 0 Å². The number of sulfonamides is 1. The van der Waals surface area contributed by atoms with Gasteiger partial charge in [-0.3, -0.25) is 14.6 Å². The first-order valence-corrected chi connectivity index (χ1v) is 9.59. The van der Waals surface area contributed by atoms with Crippen molar-refractivity contribution in [2.24, 2.45) is 0 Å². The van der Waals surface area contributed by atoms with Crippen LogP contribution in [0.5, 0.6) is 0 Å². The fourth-order valence-corrected chi connectivity index (χ4v) is 3.62. The van der Waals surface area contributed by atoms with Crippen LogP contribution >= 0.6 is 0 Å². The van der Waals surface area contributed by atoms with Crippen LogP contribution in [-0.2, 0) is 16.6 Å². The van der Waals surface area contributed by atoms with Gasteiger partial charge in [-0.2, -0.15) is 13.5 Å². The number of halogens is 2. The van der Waals surface area contributed by atoms with Crippen molar-refractivity contribution in [2.45, 2.75) is 18.5 Å². The Morgan fingerprint density at radius 1 is 1.11 bits per heavy atom. The van der Waals surface area contributed by atoms with Crippen LogP contribution in [-0.4, -0.2) is 24.5 Å². The van der Waals surface area contributed by atoms with Gasteiger partial charge in [0.25, 0.3) is 15.9 Å². The predicted octanol–water partition coefficient (Wildman–Crippen LogP) is 2.73. The van der Waals surface area contributed by atoms with Crippen LogP contribution in [0.15, 0.2) is 53.7 Å². The van der Waals surface area contributed by atoms with Gasteiger partial charge in [0.1, 0.15) is 11.6 Å². The Kier molecular flexibility index (Phi) is 5.41.